The first kappa shape index (κ1) is 14.5. The summed E-state index contributed by atoms with van der Waals surface area (Å²) in [5.74, 6) is 0.314. The smallest absolute Gasteiger partial charge is 0.261 e. The molecule has 0 fully saturated rings. The average molecular weight is 314 g/mol. The molecular weight excluding hydrogens is 300 g/mol. The van der Waals surface area contributed by atoms with Gasteiger partial charge in [0.2, 0.25) is 0 Å². The molecule has 7 heteroatoms. The van der Waals surface area contributed by atoms with Crippen LogP contribution in [0.1, 0.15) is 38.2 Å². The van der Waals surface area contributed by atoms with Crippen molar-refractivity contribution in [2.45, 2.75) is 11.7 Å². The van der Waals surface area contributed by atoms with E-state index < -0.39 is 0 Å². The van der Waals surface area contributed by atoms with Crippen LogP contribution in [0.15, 0.2) is 36.5 Å². The van der Waals surface area contributed by atoms with Crippen LogP contribution in [0, 0.1) is 0 Å². The Bertz CT molecular complexity index is 715. The minimum absolute atomic E-state index is 0.263. The Morgan fingerprint density at radius 1 is 1.14 bits per heavy atom. The summed E-state index contributed by atoms with van der Waals surface area (Å²) in [5, 5.41) is -0.298. The van der Waals surface area contributed by atoms with Crippen molar-refractivity contribution < 1.29 is 9.59 Å². The zero-order chi connectivity index (χ0) is 15.7. The molecule has 1 aromatic carbocycles. The lowest BCUT2D eigenvalue weighted by Gasteiger charge is -2.16. The molecule has 112 valence electrons. The van der Waals surface area contributed by atoms with E-state index in [2.05, 4.69) is 22.6 Å². The van der Waals surface area contributed by atoms with E-state index in [-0.39, 0.29) is 23.6 Å². The Balaban J connectivity index is 1.70. The van der Waals surface area contributed by atoms with Crippen molar-refractivity contribution in [2.75, 3.05) is 12.3 Å². The van der Waals surface area contributed by atoms with Crippen molar-refractivity contribution in [3.05, 3.63) is 53.5 Å². The Labute approximate surface area is 132 Å². The summed E-state index contributed by atoms with van der Waals surface area (Å²) in [6, 6.07) is 8.41. The Morgan fingerprint density at radius 2 is 1.77 bits per heavy atom. The van der Waals surface area contributed by atoms with Gasteiger partial charge in [0.25, 0.3) is 11.8 Å². The molecule has 1 aliphatic heterocycles. The Morgan fingerprint density at radius 3 is 2.36 bits per heavy atom. The van der Waals surface area contributed by atoms with E-state index in [1.165, 1.54) is 4.90 Å². The number of hydrogen-bond acceptors (Lipinski definition) is 6. The third kappa shape index (κ3) is 2.55. The summed E-state index contributed by atoms with van der Waals surface area (Å²) < 4.78 is 0. The van der Waals surface area contributed by atoms with Gasteiger partial charge in [-0.15, -0.1) is 0 Å². The molecule has 1 atom stereocenters. The van der Waals surface area contributed by atoms with E-state index >= 15 is 0 Å². The van der Waals surface area contributed by atoms with E-state index in [1.807, 2.05) is 0 Å². The van der Waals surface area contributed by atoms with Gasteiger partial charge in [-0.25, -0.2) is 9.97 Å². The van der Waals surface area contributed by atoms with Gasteiger partial charge in [-0.3, -0.25) is 14.5 Å². The fraction of sp³-hybridized carbons (Fsp3) is 0.200. The molecule has 0 bridgehead atoms. The quantitative estimate of drug-likeness (QED) is 0.662. The molecule has 22 heavy (non-hydrogen) atoms. The van der Waals surface area contributed by atoms with Crippen molar-refractivity contribution in [3.63, 3.8) is 0 Å². The van der Waals surface area contributed by atoms with Crippen molar-refractivity contribution in [2.24, 2.45) is 0 Å². The predicted octanol–water partition coefficient (Wildman–Crippen LogP) is 1.72. The van der Waals surface area contributed by atoms with Crippen LogP contribution in [-0.4, -0.2) is 33.2 Å². The number of benzene rings is 1. The molecule has 2 aromatic rings. The van der Waals surface area contributed by atoms with Crippen LogP contribution in [-0.2, 0) is 0 Å². The first-order chi connectivity index (χ1) is 10.6. The standard InChI is InChI=1S/C15H14N4O2S/c16-12-5-7-17-13(18-12)11(22)6-8-19-14(20)9-3-1-2-4-10(9)15(19)21/h1-5,7,11,22H,6,8H2,(H2,16,17,18). The summed E-state index contributed by atoms with van der Waals surface area (Å²) in [4.78, 5) is 33.9. The van der Waals surface area contributed by atoms with E-state index in [0.29, 0.717) is 29.2 Å². The fourth-order valence-corrected chi connectivity index (χ4v) is 2.61. The molecule has 3 rings (SSSR count). The molecule has 0 radical (unpaired) electrons. The molecule has 1 aliphatic rings. The molecule has 2 heterocycles. The van der Waals surface area contributed by atoms with Gasteiger partial charge in [-0.2, -0.15) is 12.6 Å². The predicted molar refractivity (Wildman–Crippen MR) is 84.6 cm³/mol. The number of thiol groups is 1. The summed E-state index contributed by atoms with van der Waals surface area (Å²) >= 11 is 4.43. The van der Waals surface area contributed by atoms with Crippen LogP contribution in [0.25, 0.3) is 0 Å². The normalized spacial score (nSPS) is 15.0. The van der Waals surface area contributed by atoms with Crippen LogP contribution >= 0.6 is 12.6 Å². The first-order valence-corrected chi connectivity index (χ1v) is 7.31. The third-order valence-electron chi connectivity index (χ3n) is 3.50. The van der Waals surface area contributed by atoms with Crippen LogP contribution in [0.5, 0.6) is 0 Å². The maximum absolute atomic E-state index is 12.2. The van der Waals surface area contributed by atoms with Gasteiger partial charge >= 0.3 is 0 Å². The highest BCUT2D eigenvalue weighted by Gasteiger charge is 2.35. The number of nitrogens with two attached hydrogens (primary N) is 1. The van der Waals surface area contributed by atoms with Crippen LogP contribution in [0.2, 0.25) is 0 Å². The fourth-order valence-electron chi connectivity index (χ4n) is 2.37. The van der Waals surface area contributed by atoms with E-state index in [4.69, 9.17) is 5.73 Å². The topological polar surface area (TPSA) is 89.2 Å². The second kappa shape index (κ2) is 5.76. The average Bonchev–Trinajstić information content (AvgIpc) is 2.77. The second-order valence-electron chi connectivity index (χ2n) is 4.95. The lowest BCUT2D eigenvalue weighted by Crippen LogP contribution is -2.31. The Kier molecular flexibility index (Phi) is 3.81. The number of imide groups is 1. The third-order valence-corrected chi connectivity index (χ3v) is 3.99. The Hall–Kier alpha value is -2.41. The molecular formula is C15H14N4O2S. The molecule has 2 N–H and O–H groups in total. The maximum atomic E-state index is 12.2. The number of fused-ring (bicyclic) bond motifs is 1. The van der Waals surface area contributed by atoms with E-state index in [1.54, 1.807) is 36.5 Å². The molecule has 0 aliphatic carbocycles. The second-order valence-corrected chi connectivity index (χ2v) is 5.58. The number of anilines is 1. The SMILES string of the molecule is Nc1ccnc(C(S)CCN2C(=O)c3ccccc3C2=O)n1. The highest BCUT2D eigenvalue weighted by molar-refractivity contribution is 7.80. The van der Waals surface area contributed by atoms with Crippen molar-refractivity contribution >= 4 is 30.3 Å². The highest BCUT2D eigenvalue weighted by atomic mass is 32.1. The molecule has 0 spiro atoms. The number of hydrogen-bond donors (Lipinski definition) is 2. The lowest BCUT2D eigenvalue weighted by atomic mass is 10.1. The zero-order valence-electron chi connectivity index (χ0n) is 11.6. The summed E-state index contributed by atoms with van der Waals surface area (Å²) in [7, 11) is 0. The van der Waals surface area contributed by atoms with Gasteiger partial charge in [0, 0.05) is 12.7 Å². The van der Waals surface area contributed by atoms with Crippen LogP contribution < -0.4 is 5.73 Å². The number of amides is 2. The van der Waals surface area contributed by atoms with Crippen LogP contribution in [0.3, 0.4) is 0 Å². The molecule has 1 aromatic heterocycles. The maximum Gasteiger partial charge on any atom is 0.261 e. The largest absolute Gasteiger partial charge is 0.384 e. The van der Waals surface area contributed by atoms with E-state index in [9.17, 15) is 9.59 Å². The molecule has 1 unspecified atom stereocenters. The van der Waals surface area contributed by atoms with Crippen molar-refractivity contribution in [3.8, 4) is 0 Å². The highest BCUT2D eigenvalue weighted by Crippen LogP contribution is 2.26. The minimum atomic E-state index is -0.298. The van der Waals surface area contributed by atoms with Gasteiger partial charge < -0.3 is 5.73 Å². The number of aromatic nitrogens is 2. The zero-order valence-corrected chi connectivity index (χ0v) is 12.5. The van der Waals surface area contributed by atoms with Gasteiger partial charge in [-0.05, 0) is 24.6 Å². The van der Waals surface area contributed by atoms with Gasteiger partial charge in [0.1, 0.15) is 11.6 Å². The number of rotatable bonds is 4. The summed E-state index contributed by atoms with van der Waals surface area (Å²) in [6.07, 6.45) is 2.01. The van der Waals surface area contributed by atoms with Gasteiger partial charge in [-0.1, -0.05) is 12.1 Å². The number of carbonyl (C=O) groups is 2. The van der Waals surface area contributed by atoms with E-state index in [0.717, 1.165) is 0 Å². The van der Waals surface area contributed by atoms with Crippen LogP contribution in [0.4, 0.5) is 5.82 Å². The molecule has 6 nitrogen and oxygen atoms in total. The molecule has 0 saturated carbocycles. The van der Waals surface area contributed by atoms with Crippen molar-refractivity contribution in [1.82, 2.24) is 14.9 Å². The molecule has 2 amide bonds. The van der Waals surface area contributed by atoms with Gasteiger partial charge in [0.05, 0.1) is 16.4 Å². The van der Waals surface area contributed by atoms with Gasteiger partial charge in [0.15, 0.2) is 0 Å². The summed E-state index contributed by atoms with van der Waals surface area (Å²) in [5.41, 5.74) is 6.51. The summed E-state index contributed by atoms with van der Waals surface area (Å²) in [6.45, 7) is 0.263. The number of nitrogens with zero attached hydrogens (tertiary/aromatic N) is 3. The lowest BCUT2D eigenvalue weighted by molar-refractivity contribution is 0.0652. The molecule has 0 saturated heterocycles. The van der Waals surface area contributed by atoms with Crippen molar-refractivity contribution in [1.29, 1.82) is 0 Å². The minimum Gasteiger partial charge on any atom is -0.384 e. The number of carbonyl (C=O) groups excluding carboxylic acids is 2. The first-order valence-electron chi connectivity index (χ1n) is 6.79. The monoisotopic (exact) mass is 314 g/mol. The number of nitrogen functional groups attached to an aromatic ring is 1.